The van der Waals surface area contributed by atoms with Gasteiger partial charge < -0.3 is 10.2 Å². The van der Waals surface area contributed by atoms with Gasteiger partial charge in [0, 0.05) is 18.1 Å². The Labute approximate surface area is 243 Å². The standard InChI is InChI=1S/C31H38ClN3O4S/c1-5-29(31(37)33-21-23(2)3)34(20-19-25-9-7-6-8-10-25)30(36)22-35(27-15-11-24(4)12-16-27)40(38,39)28-17-13-26(32)14-18-28/h6-18,23,29H,5,19-22H2,1-4H3,(H,33,37)/t29-/m1/s1. The monoisotopic (exact) mass is 583 g/mol. The molecule has 214 valence electrons. The Balaban J connectivity index is 1.99. The summed E-state index contributed by atoms with van der Waals surface area (Å²) >= 11 is 6.01. The summed E-state index contributed by atoms with van der Waals surface area (Å²) in [7, 11) is -4.13. The highest BCUT2D eigenvalue weighted by molar-refractivity contribution is 7.92. The predicted molar refractivity (Wildman–Crippen MR) is 161 cm³/mol. The third-order valence-corrected chi connectivity index (χ3v) is 8.60. The summed E-state index contributed by atoms with van der Waals surface area (Å²) in [5, 5.41) is 3.35. The van der Waals surface area contributed by atoms with Crippen LogP contribution in [0.2, 0.25) is 5.02 Å². The van der Waals surface area contributed by atoms with E-state index in [-0.39, 0.29) is 23.3 Å². The van der Waals surface area contributed by atoms with Crippen molar-refractivity contribution in [2.24, 2.45) is 5.92 Å². The van der Waals surface area contributed by atoms with Crippen molar-refractivity contribution in [3.8, 4) is 0 Å². The van der Waals surface area contributed by atoms with Crippen LogP contribution in [0.15, 0.2) is 83.8 Å². The van der Waals surface area contributed by atoms with Crippen molar-refractivity contribution < 1.29 is 18.0 Å². The lowest BCUT2D eigenvalue weighted by molar-refractivity contribution is -0.139. The van der Waals surface area contributed by atoms with Crippen molar-refractivity contribution in [3.63, 3.8) is 0 Å². The summed E-state index contributed by atoms with van der Waals surface area (Å²) in [6.45, 7) is 8.04. The number of hydrogen-bond donors (Lipinski definition) is 1. The minimum Gasteiger partial charge on any atom is -0.354 e. The Hall–Kier alpha value is -3.36. The number of sulfonamides is 1. The molecule has 0 aromatic heterocycles. The third-order valence-electron chi connectivity index (χ3n) is 6.56. The highest BCUT2D eigenvalue weighted by Crippen LogP contribution is 2.26. The molecule has 7 nitrogen and oxygen atoms in total. The van der Waals surface area contributed by atoms with Crippen molar-refractivity contribution in [3.05, 3.63) is 95.0 Å². The van der Waals surface area contributed by atoms with Crippen LogP contribution in [0.5, 0.6) is 0 Å². The fourth-order valence-electron chi connectivity index (χ4n) is 4.29. The second-order valence-corrected chi connectivity index (χ2v) is 12.5. The smallest absolute Gasteiger partial charge is 0.264 e. The molecule has 3 aromatic rings. The summed E-state index contributed by atoms with van der Waals surface area (Å²) < 4.78 is 28.8. The number of halogens is 1. The van der Waals surface area contributed by atoms with Crippen LogP contribution in [-0.4, -0.2) is 50.8 Å². The number of nitrogens with zero attached hydrogens (tertiary/aromatic N) is 2. The maximum absolute atomic E-state index is 14.0. The van der Waals surface area contributed by atoms with E-state index in [1.807, 2.05) is 58.0 Å². The van der Waals surface area contributed by atoms with Crippen molar-refractivity contribution in [1.82, 2.24) is 10.2 Å². The largest absolute Gasteiger partial charge is 0.354 e. The Bertz CT molecular complexity index is 1360. The summed E-state index contributed by atoms with van der Waals surface area (Å²) in [5.74, 6) is -0.461. The molecule has 0 fully saturated rings. The Morgan fingerprint density at radius 2 is 1.55 bits per heavy atom. The first-order chi connectivity index (χ1) is 19.0. The molecule has 1 atom stereocenters. The molecule has 0 aliphatic heterocycles. The molecule has 1 N–H and O–H groups in total. The van der Waals surface area contributed by atoms with Gasteiger partial charge in [-0.05, 0) is 67.6 Å². The number of benzene rings is 3. The quantitative estimate of drug-likeness (QED) is 0.289. The average Bonchev–Trinajstić information content (AvgIpc) is 2.93. The van der Waals surface area contributed by atoms with E-state index >= 15 is 0 Å². The number of carbonyl (C=O) groups is 2. The van der Waals surface area contributed by atoms with Gasteiger partial charge in [-0.1, -0.05) is 80.4 Å². The predicted octanol–water partition coefficient (Wildman–Crippen LogP) is 5.47. The van der Waals surface area contributed by atoms with Crippen LogP contribution in [-0.2, 0) is 26.0 Å². The maximum atomic E-state index is 14.0. The van der Waals surface area contributed by atoms with Crippen LogP contribution < -0.4 is 9.62 Å². The lowest BCUT2D eigenvalue weighted by Gasteiger charge is -2.33. The normalized spacial score (nSPS) is 12.2. The molecular formula is C31H38ClN3O4S. The molecule has 3 rings (SSSR count). The molecule has 0 saturated carbocycles. The van der Waals surface area contributed by atoms with Gasteiger partial charge in [-0.2, -0.15) is 0 Å². The maximum Gasteiger partial charge on any atom is 0.264 e. The minimum atomic E-state index is -4.13. The second kappa shape index (κ2) is 14.3. The van der Waals surface area contributed by atoms with Crippen molar-refractivity contribution in [2.45, 2.75) is 51.5 Å². The first-order valence-corrected chi connectivity index (χ1v) is 15.3. The van der Waals surface area contributed by atoms with Crippen LogP contribution in [0, 0.1) is 12.8 Å². The van der Waals surface area contributed by atoms with E-state index in [0.29, 0.717) is 30.1 Å². The molecule has 3 aromatic carbocycles. The van der Waals surface area contributed by atoms with Crippen molar-refractivity contribution in [2.75, 3.05) is 23.9 Å². The van der Waals surface area contributed by atoms with E-state index < -0.39 is 28.5 Å². The van der Waals surface area contributed by atoms with Crippen LogP contribution in [0.4, 0.5) is 5.69 Å². The van der Waals surface area contributed by atoms with Gasteiger partial charge >= 0.3 is 0 Å². The highest BCUT2D eigenvalue weighted by Gasteiger charge is 2.33. The summed E-state index contributed by atoms with van der Waals surface area (Å²) in [6.07, 6.45) is 0.911. The molecule has 0 aliphatic rings. The summed E-state index contributed by atoms with van der Waals surface area (Å²) in [4.78, 5) is 28.8. The van der Waals surface area contributed by atoms with Gasteiger partial charge in [0.2, 0.25) is 11.8 Å². The molecule has 0 heterocycles. The molecule has 0 aliphatic carbocycles. The minimum absolute atomic E-state index is 0.0165. The van der Waals surface area contributed by atoms with Gasteiger partial charge in [0.1, 0.15) is 12.6 Å². The zero-order valence-electron chi connectivity index (χ0n) is 23.5. The first-order valence-electron chi connectivity index (χ1n) is 13.5. The summed E-state index contributed by atoms with van der Waals surface area (Å²) in [6, 6.07) is 21.7. The number of rotatable bonds is 13. The van der Waals surface area contributed by atoms with E-state index in [1.54, 1.807) is 24.3 Å². The van der Waals surface area contributed by atoms with Gasteiger partial charge in [0.15, 0.2) is 0 Å². The van der Waals surface area contributed by atoms with Crippen LogP contribution >= 0.6 is 11.6 Å². The highest BCUT2D eigenvalue weighted by atomic mass is 35.5. The second-order valence-electron chi connectivity index (χ2n) is 10.2. The number of hydrogen-bond acceptors (Lipinski definition) is 4. The number of aryl methyl sites for hydroxylation is 1. The van der Waals surface area contributed by atoms with Crippen molar-refractivity contribution in [1.29, 1.82) is 0 Å². The molecule has 40 heavy (non-hydrogen) atoms. The average molecular weight is 584 g/mol. The van der Waals surface area contributed by atoms with E-state index in [4.69, 9.17) is 11.6 Å². The molecule has 9 heteroatoms. The molecule has 0 saturated heterocycles. The summed E-state index contributed by atoms with van der Waals surface area (Å²) in [5.41, 5.74) is 2.33. The molecule has 2 amide bonds. The van der Waals surface area contributed by atoms with E-state index in [0.717, 1.165) is 15.4 Å². The Morgan fingerprint density at radius 1 is 0.925 bits per heavy atom. The van der Waals surface area contributed by atoms with Crippen LogP contribution in [0.1, 0.15) is 38.3 Å². The number of anilines is 1. The van der Waals surface area contributed by atoms with Crippen LogP contribution in [0.25, 0.3) is 0 Å². The molecular weight excluding hydrogens is 546 g/mol. The lowest BCUT2D eigenvalue weighted by Crippen LogP contribution is -2.53. The molecule has 0 radical (unpaired) electrons. The fourth-order valence-corrected chi connectivity index (χ4v) is 5.83. The first kappa shape index (κ1) is 31.2. The van der Waals surface area contributed by atoms with E-state index in [2.05, 4.69) is 5.32 Å². The van der Waals surface area contributed by atoms with Gasteiger partial charge in [0.05, 0.1) is 10.6 Å². The van der Waals surface area contributed by atoms with Gasteiger partial charge in [-0.25, -0.2) is 8.42 Å². The van der Waals surface area contributed by atoms with Gasteiger partial charge in [-0.15, -0.1) is 0 Å². The van der Waals surface area contributed by atoms with Crippen LogP contribution in [0.3, 0.4) is 0 Å². The zero-order valence-corrected chi connectivity index (χ0v) is 25.1. The zero-order chi connectivity index (χ0) is 29.3. The Morgan fingerprint density at radius 3 is 2.12 bits per heavy atom. The molecule has 0 spiro atoms. The third kappa shape index (κ3) is 8.32. The number of amides is 2. The topological polar surface area (TPSA) is 86.8 Å². The van der Waals surface area contributed by atoms with Gasteiger partial charge in [0.25, 0.3) is 10.0 Å². The number of carbonyl (C=O) groups excluding carboxylic acids is 2. The van der Waals surface area contributed by atoms with E-state index in [1.165, 1.54) is 29.2 Å². The SMILES string of the molecule is CC[C@H](C(=O)NCC(C)C)N(CCc1ccccc1)C(=O)CN(c1ccc(C)cc1)S(=O)(=O)c1ccc(Cl)cc1. The van der Waals surface area contributed by atoms with Crippen molar-refractivity contribution >= 4 is 39.1 Å². The lowest BCUT2D eigenvalue weighted by atomic mass is 10.1. The molecule has 0 unspecified atom stereocenters. The molecule has 0 bridgehead atoms. The van der Waals surface area contributed by atoms with Gasteiger partial charge in [-0.3, -0.25) is 13.9 Å². The Kier molecular flexibility index (Phi) is 11.2. The van der Waals surface area contributed by atoms with E-state index in [9.17, 15) is 18.0 Å². The number of nitrogens with one attached hydrogen (secondary N) is 1. The fraction of sp³-hybridized carbons (Fsp3) is 0.355.